The first kappa shape index (κ1) is 14.9. The van der Waals surface area contributed by atoms with E-state index in [-0.39, 0.29) is 5.92 Å². The van der Waals surface area contributed by atoms with Gasteiger partial charge in [0.25, 0.3) is 0 Å². The first-order chi connectivity index (χ1) is 10.9. The van der Waals surface area contributed by atoms with Crippen molar-refractivity contribution >= 4 is 18.3 Å². The molecule has 3 heterocycles. The smallest absolute Gasteiger partial charge is 0.138 e. The summed E-state index contributed by atoms with van der Waals surface area (Å²) in [6.45, 7) is 5.33. The highest BCUT2D eigenvalue weighted by atomic mass is 16.5. The molecule has 0 saturated carbocycles. The lowest BCUT2D eigenvalue weighted by atomic mass is 9.99. The third-order valence-electron chi connectivity index (χ3n) is 3.89. The van der Waals surface area contributed by atoms with Crippen molar-refractivity contribution in [1.29, 1.82) is 0 Å². The first-order valence-corrected chi connectivity index (χ1v) is 7.59. The number of rotatable bonds is 5. The van der Waals surface area contributed by atoms with E-state index in [1.165, 1.54) is 0 Å². The second kappa shape index (κ2) is 7.29. The van der Waals surface area contributed by atoms with Gasteiger partial charge < -0.3 is 10.5 Å². The number of hydrogen-bond donors (Lipinski definition) is 1. The van der Waals surface area contributed by atoms with Crippen molar-refractivity contribution in [3.8, 4) is 0 Å². The van der Waals surface area contributed by atoms with Crippen molar-refractivity contribution in [2.75, 3.05) is 39.4 Å². The van der Waals surface area contributed by atoms with Gasteiger partial charge in [0.15, 0.2) is 0 Å². The number of nitrogens with zero attached hydrogens (tertiary/aromatic N) is 4. The van der Waals surface area contributed by atoms with Crippen LogP contribution in [0.4, 0.5) is 0 Å². The van der Waals surface area contributed by atoms with Crippen LogP contribution in [-0.4, -0.2) is 62.6 Å². The second-order valence-corrected chi connectivity index (χ2v) is 5.35. The van der Waals surface area contributed by atoms with Crippen molar-refractivity contribution in [2.45, 2.75) is 0 Å². The van der Waals surface area contributed by atoms with Gasteiger partial charge in [0.1, 0.15) is 5.84 Å². The molecule has 0 amide bonds. The van der Waals surface area contributed by atoms with E-state index in [1.54, 1.807) is 18.6 Å². The van der Waals surface area contributed by atoms with Gasteiger partial charge in [-0.25, -0.2) is 9.98 Å². The molecule has 6 nitrogen and oxygen atoms in total. The van der Waals surface area contributed by atoms with Crippen LogP contribution in [0.2, 0.25) is 0 Å². The molecule has 6 heteroatoms. The zero-order valence-corrected chi connectivity index (χ0v) is 12.6. The van der Waals surface area contributed by atoms with Gasteiger partial charge in [-0.2, -0.15) is 0 Å². The zero-order valence-electron chi connectivity index (χ0n) is 12.6. The van der Waals surface area contributed by atoms with Crippen LogP contribution in [-0.2, 0) is 4.74 Å². The van der Waals surface area contributed by atoms with Crippen molar-refractivity contribution in [2.24, 2.45) is 26.6 Å². The summed E-state index contributed by atoms with van der Waals surface area (Å²) in [7, 11) is 0. The summed E-state index contributed by atoms with van der Waals surface area (Å²) in [6.07, 6.45) is 11.1. The largest absolute Gasteiger partial charge is 0.404 e. The van der Waals surface area contributed by atoms with Gasteiger partial charge in [0, 0.05) is 55.6 Å². The maximum atomic E-state index is 5.73. The molecule has 3 aliphatic rings. The van der Waals surface area contributed by atoms with E-state index in [0.29, 0.717) is 0 Å². The van der Waals surface area contributed by atoms with E-state index in [9.17, 15) is 0 Å². The van der Waals surface area contributed by atoms with Crippen molar-refractivity contribution in [3.05, 3.63) is 35.7 Å². The monoisotopic (exact) mass is 299 g/mol. The molecule has 22 heavy (non-hydrogen) atoms. The molecule has 0 spiro atoms. The van der Waals surface area contributed by atoms with E-state index in [0.717, 1.165) is 56.4 Å². The Kier molecular flexibility index (Phi) is 4.92. The van der Waals surface area contributed by atoms with Gasteiger partial charge in [-0.1, -0.05) is 12.2 Å². The lowest BCUT2D eigenvalue weighted by Gasteiger charge is -2.25. The molecule has 0 aromatic carbocycles. The molecule has 1 atom stereocenters. The Balaban J connectivity index is 1.54. The van der Waals surface area contributed by atoms with E-state index in [2.05, 4.69) is 26.0 Å². The Morgan fingerprint density at radius 2 is 2.32 bits per heavy atom. The normalized spacial score (nSPS) is 25.5. The fourth-order valence-electron chi connectivity index (χ4n) is 2.58. The average Bonchev–Trinajstić information content (AvgIpc) is 3.03. The summed E-state index contributed by atoms with van der Waals surface area (Å²) < 4.78 is 5.33. The number of ether oxygens (including phenoxy) is 1. The minimum atomic E-state index is 0.164. The lowest BCUT2D eigenvalue weighted by molar-refractivity contribution is 0.0395. The number of hydrogen-bond acceptors (Lipinski definition) is 6. The first-order valence-electron chi connectivity index (χ1n) is 7.59. The molecule has 116 valence electrons. The molecule has 1 saturated heterocycles. The predicted molar refractivity (Wildman–Crippen MR) is 89.5 cm³/mol. The molecule has 3 rings (SSSR count). The van der Waals surface area contributed by atoms with Crippen LogP contribution in [0.3, 0.4) is 0 Å². The fraction of sp³-hybridized carbons (Fsp3) is 0.438. The lowest BCUT2D eigenvalue weighted by Crippen LogP contribution is -2.37. The summed E-state index contributed by atoms with van der Waals surface area (Å²) in [5.41, 5.74) is 7.62. The maximum absolute atomic E-state index is 5.73. The Labute approximate surface area is 130 Å². The number of dihydropyridines is 1. The maximum Gasteiger partial charge on any atom is 0.138 e. The van der Waals surface area contributed by atoms with Crippen molar-refractivity contribution < 1.29 is 4.74 Å². The molecular formula is C16H21N5O. The summed E-state index contributed by atoms with van der Waals surface area (Å²) in [5.74, 6) is 1.00. The quantitative estimate of drug-likeness (QED) is 0.762. The van der Waals surface area contributed by atoms with Gasteiger partial charge in [0.05, 0.1) is 25.7 Å². The van der Waals surface area contributed by atoms with Crippen LogP contribution in [0.25, 0.3) is 0 Å². The molecule has 0 bridgehead atoms. The van der Waals surface area contributed by atoms with Crippen molar-refractivity contribution in [1.82, 2.24) is 4.90 Å². The minimum absolute atomic E-state index is 0.164. The van der Waals surface area contributed by atoms with Crippen LogP contribution in [0.5, 0.6) is 0 Å². The van der Waals surface area contributed by atoms with Gasteiger partial charge in [-0.15, -0.1) is 0 Å². The number of morpholine rings is 1. The second-order valence-electron chi connectivity index (χ2n) is 5.35. The van der Waals surface area contributed by atoms with E-state index in [1.807, 2.05) is 12.3 Å². The number of fused-ring (bicyclic) bond motifs is 1. The summed E-state index contributed by atoms with van der Waals surface area (Å²) in [4.78, 5) is 15.4. The Morgan fingerprint density at radius 1 is 1.45 bits per heavy atom. The zero-order chi connectivity index (χ0) is 15.2. The highest BCUT2D eigenvalue weighted by Crippen LogP contribution is 2.21. The van der Waals surface area contributed by atoms with Crippen molar-refractivity contribution in [3.63, 3.8) is 0 Å². The summed E-state index contributed by atoms with van der Waals surface area (Å²) >= 11 is 0. The molecule has 1 fully saturated rings. The topological polar surface area (TPSA) is 75.6 Å². The van der Waals surface area contributed by atoms with Crippen LogP contribution < -0.4 is 5.73 Å². The fourth-order valence-corrected chi connectivity index (χ4v) is 2.58. The molecule has 0 aromatic rings. The Bertz CT molecular complexity index is 579. The highest BCUT2D eigenvalue weighted by Gasteiger charge is 2.18. The molecular weight excluding hydrogens is 278 g/mol. The molecule has 0 radical (unpaired) electrons. The van der Waals surface area contributed by atoms with E-state index in [4.69, 9.17) is 10.5 Å². The minimum Gasteiger partial charge on any atom is -0.404 e. The average molecular weight is 299 g/mol. The molecule has 0 aliphatic carbocycles. The molecule has 0 aromatic heterocycles. The van der Waals surface area contributed by atoms with Gasteiger partial charge in [-0.05, 0) is 0 Å². The van der Waals surface area contributed by atoms with Crippen LogP contribution in [0.15, 0.2) is 50.7 Å². The van der Waals surface area contributed by atoms with Crippen LogP contribution in [0.1, 0.15) is 0 Å². The number of nitrogens with two attached hydrogens (primary N) is 1. The molecule has 2 N–H and O–H groups in total. The van der Waals surface area contributed by atoms with E-state index >= 15 is 0 Å². The van der Waals surface area contributed by atoms with Crippen LogP contribution in [0, 0.1) is 5.92 Å². The highest BCUT2D eigenvalue weighted by molar-refractivity contribution is 6.08. The van der Waals surface area contributed by atoms with E-state index < -0.39 is 0 Å². The number of amidine groups is 1. The summed E-state index contributed by atoms with van der Waals surface area (Å²) in [5, 5.41) is 0. The predicted octanol–water partition coefficient (Wildman–Crippen LogP) is 0.785. The van der Waals surface area contributed by atoms with Gasteiger partial charge >= 0.3 is 0 Å². The molecule has 1 unspecified atom stereocenters. The number of allylic oxidation sites excluding steroid dienone is 2. The standard InChI is InChI=1S/C16H21N5O/c17-10-15(11-18-3-4-21-5-7-22-8-6-21)14-9-13-1-2-19-16(13)20-12-14/h1-2,9-13H,3-8,17H2. The van der Waals surface area contributed by atoms with Crippen LogP contribution >= 0.6 is 0 Å². The molecule has 3 aliphatic heterocycles. The van der Waals surface area contributed by atoms with Gasteiger partial charge in [-0.3, -0.25) is 9.89 Å². The SMILES string of the molecule is NC=C(C=NCCN1CCOCC1)C1=CC2C=CN=C2N=C1. The third kappa shape index (κ3) is 3.58. The Hall–Kier alpha value is -2.05. The Morgan fingerprint density at radius 3 is 3.14 bits per heavy atom. The van der Waals surface area contributed by atoms with Gasteiger partial charge in [0.2, 0.25) is 0 Å². The third-order valence-corrected chi connectivity index (χ3v) is 3.89. The number of aliphatic imine (C=N–C) groups is 3. The summed E-state index contributed by atoms with van der Waals surface area (Å²) in [6, 6.07) is 0.